The molecule has 5 rings (SSSR count). The Morgan fingerprint density at radius 2 is 1.53 bits per heavy atom. The molecule has 4 heterocycles. The number of aromatic nitrogens is 4. The van der Waals surface area contributed by atoms with Crippen molar-refractivity contribution >= 4 is 46.5 Å². The van der Waals surface area contributed by atoms with Crippen LogP contribution in [-0.4, -0.2) is 51.2 Å². The summed E-state index contributed by atoms with van der Waals surface area (Å²) in [7, 11) is 0. The minimum absolute atomic E-state index is 0.483. The molecule has 188 valence electrons. The van der Waals surface area contributed by atoms with E-state index in [1.807, 2.05) is 12.1 Å². The third-order valence-electron chi connectivity index (χ3n) is 6.44. The molecule has 3 aromatic rings. The number of nitrogens with zero attached hydrogens (tertiary/aromatic N) is 6. The fourth-order valence-corrected chi connectivity index (χ4v) is 5.42. The summed E-state index contributed by atoms with van der Waals surface area (Å²) in [5, 5.41) is 8.44. The van der Waals surface area contributed by atoms with Gasteiger partial charge >= 0.3 is 0 Å². The summed E-state index contributed by atoms with van der Waals surface area (Å²) in [6.45, 7) is 4.94. The molecule has 2 aromatic heterocycles. The fourth-order valence-electron chi connectivity index (χ4n) is 4.54. The van der Waals surface area contributed by atoms with Gasteiger partial charge in [0.05, 0.1) is 0 Å². The first-order valence-corrected chi connectivity index (χ1v) is 13.9. The Morgan fingerprint density at radius 1 is 0.861 bits per heavy atom. The lowest BCUT2D eigenvalue weighted by Crippen LogP contribution is -2.30. The van der Waals surface area contributed by atoms with Gasteiger partial charge in [-0.2, -0.15) is 4.98 Å². The van der Waals surface area contributed by atoms with E-state index in [1.54, 1.807) is 12.4 Å². The maximum absolute atomic E-state index is 5.59. The monoisotopic (exact) mass is 520 g/mol. The highest BCUT2D eigenvalue weighted by Gasteiger charge is 2.16. The fraction of sp³-hybridized carbons (Fsp3) is 0.423. The van der Waals surface area contributed by atoms with Crippen LogP contribution in [0, 0.1) is 0 Å². The maximum Gasteiger partial charge on any atom is 0.232 e. The Morgan fingerprint density at radius 3 is 2.25 bits per heavy atom. The van der Waals surface area contributed by atoms with E-state index in [2.05, 4.69) is 54.7 Å². The Bertz CT molecular complexity index is 1130. The van der Waals surface area contributed by atoms with Gasteiger partial charge in [-0.25, -0.2) is 15.0 Å². The average molecular weight is 521 g/mol. The van der Waals surface area contributed by atoms with Gasteiger partial charge in [-0.05, 0) is 73.4 Å². The molecular weight excluding hydrogens is 488 g/mol. The van der Waals surface area contributed by atoms with Crippen molar-refractivity contribution in [2.24, 2.45) is 0 Å². The minimum atomic E-state index is 0.483. The number of rotatable bonds is 7. The highest BCUT2D eigenvalue weighted by Crippen LogP contribution is 2.28. The topological polar surface area (TPSA) is 82.1 Å². The lowest BCUT2D eigenvalue weighted by Gasteiger charge is -2.22. The van der Waals surface area contributed by atoms with Crippen LogP contribution in [0.3, 0.4) is 0 Å². The van der Waals surface area contributed by atoms with Gasteiger partial charge in [0.15, 0.2) is 10.3 Å². The molecule has 0 amide bonds. The Labute approximate surface area is 222 Å². The molecule has 0 radical (unpaired) electrons. The molecule has 2 fully saturated rings. The van der Waals surface area contributed by atoms with E-state index in [1.165, 1.54) is 61.5 Å². The third kappa shape index (κ3) is 6.82. The van der Waals surface area contributed by atoms with Gasteiger partial charge in [0.25, 0.3) is 0 Å². The van der Waals surface area contributed by atoms with Gasteiger partial charge in [0.1, 0.15) is 10.8 Å². The van der Waals surface area contributed by atoms with Gasteiger partial charge in [-0.1, -0.05) is 25.0 Å². The molecule has 0 bridgehead atoms. The lowest BCUT2D eigenvalue weighted by atomic mass is 10.2. The maximum atomic E-state index is 5.59. The van der Waals surface area contributed by atoms with E-state index < -0.39 is 0 Å². The van der Waals surface area contributed by atoms with Crippen molar-refractivity contribution in [1.82, 2.24) is 25.3 Å². The standard InChI is InChI=1S/C26H32N8S2/c35-25(29-19-20-8-10-21(11-9-20)33-14-5-6-15-33)32-24-30-22(34-16-3-1-2-4-17-34)18-23(31-24)36-26-27-12-7-13-28-26/h7-13,18H,1-6,14-17,19H2,(H2,29,30,31,32,35). The second-order valence-electron chi connectivity index (χ2n) is 9.09. The lowest BCUT2D eigenvalue weighted by molar-refractivity contribution is 0.726. The summed E-state index contributed by atoms with van der Waals surface area (Å²) in [6, 6.07) is 12.5. The van der Waals surface area contributed by atoms with Gasteiger partial charge in [-0.15, -0.1) is 0 Å². The Hall–Kier alpha value is -2.98. The van der Waals surface area contributed by atoms with Gasteiger partial charge in [-0.3, -0.25) is 0 Å². The molecule has 36 heavy (non-hydrogen) atoms. The first-order valence-electron chi connectivity index (χ1n) is 12.7. The third-order valence-corrected chi connectivity index (χ3v) is 7.50. The zero-order valence-electron chi connectivity index (χ0n) is 20.4. The molecule has 1 aromatic carbocycles. The smallest absolute Gasteiger partial charge is 0.232 e. The second-order valence-corrected chi connectivity index (χ2v) is 10.5. The molecule has 2 saturated heterocycles. The van der Waals surface area contributed by atoms with Crippen LogP contribution >= 0.6 is 24.0 Å². The van der Waals surface area contributed by atoms with Crippen LogP contribution in [-0.2, 0) is 6.54 Å². The summed E-state index contributed by atoms with van der Waals surface area (Å²) in [5.74, 6) is 1.39. The van der Waals surface area contributed by atoms with E-state index in [4.69, 9.17) is 22.2 Å². The van der Waals surface area contributed by atoms with Gasteiger partial charge in [0, 0.05) is 56.9 Å². The van der Waals surface area contributed by atoms with Gasteiger partial charge in [0.2, 0.25) is 5.95 Å². The first-order chi connectivity index (χ1) is 17.7. The predicted molar refractivity (Wildman–Crippen MR) is 150 cm³/mol. The largest absolute Gasteiger partial charge is 0.372 e. The van der Waals surface area contributed by atoms with E-state index >= 15 is 0 Å². The number of anilines is 3. The van der Waals surface area contributed by atoms with Crippen molar-refractivity contribution in [2.45, 2.75) is 55.3 Å². The first kappa shape index (κ1) is 24.7. The molecule has 0 aliphatic carbocycles. The molecule has 0 saturated carbocycles. The molecule has 0 spiro atoms. The number of thiocarbonyl (C=S) groups is 1. The molecular formula is C26H32N8S2. The van der Waals surface area contributed by atoms with E-state index in [0.29, 0.717) is 22.8 Å². The van der Waals surface area contributed by atoms with Crippen molar-refractivity contribution in [3.05, 3.63) is 54.4 Å². The predicted octanol–water partition coefficient (Wildman–Crippen LogP) is 4.89. The quantitative estimate of drug-likeness (QED) is 0.255. The highest BCUT2D eigenvalue weighted by atomic mass is 32.2. The van der Waals surface area contributed by atoms with Crippen LogP contribution in [0.5, 0.6) is 0 Å². The van der Waals surface area contributed by atoms with Gasteiger partial charge < -0.3 is 20.4 Å². The molecule has 2 aliphatic heterocycles. The SMILES string of the molecule is S=C(NCc1ccc(N2CCCC2)cc1)Nc1nc(Sc2ncccn2)cc(N2CCCCCC2)n1. The highest BCUT2D eigenvalue weighted by molar-refractivity contribution is 7.99. The normalized spacial score (nSPS) is 16.0. The van der Waals surface area contributed by atoms with Crippen LogP contribution in [0.4, 0.5) is 17.5 Å². The number of hydrogen-bond acceptors (Lipinski definition) is 8. The zero-order valence-corrected chi connectivity index (χ0v) is 22.0. The Balaban J connectivity index is 1.25. The van der Waals surface area contributed by atoms with Crippen molar-refractivity contribution in [2.75, 3.05) is 41.3 Å². The summed E-state index contributed by atoms with van der Waals surface area (Å²) in [6.07, 6.45) is 10.9. The molecule has 2 N–H and O–H groups in total. The summed E-state index contributed by atoms with van der Waals surface area (Å²) < 4.78 is 0. The molecule has 0 unspecified atom stereocenters. The van der Waals surface area contributed by atoms with E-state index in [-0.39, 0.29) is 0 Å². The van der Waals surface area contributed by atoms with Crippen molar-refractivity contribution in [3.8, 4) is 0 Å². The van der Waals surface area contributed by atoms with E-state index in [9.17, 15) is 0 Å². The number of hydrogen-bond donors (Lipinski definition) is 2. The number of nitrogens with one attached hydrogen (secondary N) is 2. The van der Waals surface area contributed by atoms with Crippen molar-refractivity contribution < 1.29 is 0 Å². The van der Waals surface area contributed by atoms with Crippen LogP contribution in [0.2, 0.25) is 0 Å². The van der Waals surface area contributed by atoms with Crippen LogP contribution in [0.25, 0.3) is 0 Å². The average Bonchev–Trinajstić information content (AvgIpc) is 3.30. The second kappa shape index (κ2) is 12.3. The number of benzene rings is 1. The van der Waals surface area contributed by atoms with Crippen molar-refractivity contribution in [3.63, 3.8) is 0 Å². The zero-order chi connectivity index (χ0) is 24.6. The van der Waals surface area contributed by atoms with Crippen molar-refractivity contribution in [1.29, 1.82) is 0 Å². The summed E-state index contributed by atoms with van der Waals surface area (Å²) in [5.41, 5.74) is 2.47. The van der Waals surface area contributed by atoms with Crippen LogP contribution in [0.15, 0.2) is 59.0 Å². The summed E-state index contributed by atoms with van der Waals surface area (Å²) in [4.78, 5) is 23.0. The van der Waals surface area contributed by atoms with E-state index in [0.717, 1.165) is 37.0 Å². The molecule has 2 aliphatic rings. The molecule has 10 heteroatoms. The van der Waals surface area contributed by atoms with Crippen LogP contribution in [0.1, 0.15) is 44.1 Å². The minimum Gasteiger partial charge on any atom is -0.372 e. The Kier molecular flexibility index (Phi) is 8.45. The molecule has 8 nitrogen and oxygen atoms in total. The summed E-state index contributed by atoms with van der Waals surface area (Å²) >= 11 is 7.01. The van der Waals surface area contributed by atoms with Crippen LogP contribution < -0.4 is 20.4 Å². The molecule has 0 atom stereocenters.